The van der Waals surface area contributed by atoms with Gasteiger partial charge in [-0.1, -0.05) is 19.4 Å². The number of hydrogen-bond acceptors (Lipinski definition) is 10. The number of carbonyl (C=O) groups is 3. The maximum Gasteiger partial charge on any atom is 0.408 e. The highest BCUT2D eigenvalue weighted by molar-refractivity contribution is 5.87. The minimum atomic E-state index is -0.907. The van der Waals surface area contributed by atoms with Crippen molar-refractivity contribution < 1.29 is 43.3 Å². The summed E-state index contributed by atoms with van der Waals surface area (Å²) in [5, 5.41) is 11.7. The number of alkyl carbamates (subject to hydrolysis) is 1. The number of hydrogen-bond donors (Lipinski definition) is 1. The van der Waals surface area contributed by atoms with E-state index in [1.807, 2.05) is 6.92 Å². The van der Waals surface area contributed by atoms with E-state index < -0.39 is 34.8 Å². The smallest absolute Gasteiger partial charge is 0.408 e. The van der Waals surface area contributed by atoms with Crippen LogP contribution < -0.4 is 14.8 Å². The summed E-state index contributed by atoms with van der Waals surface area (Å²) in [6, 6.07) is 3.78. The molecule has 12 heteroatoms. The minimum absolute atomic E-state index is 0.0621. The molecule has 0 aliphatic rings. The number of carbonyl (C=O) groups excluding carboxylic acids is 3. The Balaban J connectivity index is 2.71. The third-order valence-electron chi connectivity index (χ3n) is 4.34. The van der Waals surface area contributed by atoms with E-state index in [0.717, 1.165) is 0 Å². The Labute approximate surface area is 210 Å². The van der Waals surface area contributed by atoms with E-state index in [0.29, 0.717) is 31.2 Å². The van der Waals surface area contributed by atoms with Gasteiger partial charge in [-0.15, -0.1) is 10.1 Å². The van der Waals surface area contributed by atoms with E-state index in [-0.39, 0.29) is 24.7 Å². The van der Waals surface area contributed by atoms with Crippen molar-refractivity contribution in [1.82, 2.24) is 5.32 Å². The molecule has 0 aliphatic carbocycles. The highest BCUT2D eigenvalue weighted by Crippen LogP contribution is 2.29. The van der Waals surface area contributed by atoms with Crippen molar-refractivity contribution in [2.75, 3.05) is 20.3 Å². The fourth-order valence-electron chi connectivity index (χ4n) is 2.77. The van der Waals surface area contributed by atoms with Crippen LogP contribution in [0, 0.1) is 10.1 Å². The summed E-state index contributed by atoms with van der Waals surface area (Å²) in [5.74, 6) is -0.866. The fraction of sp³-hybridized carbons (Fsp3) is 0.542. The molecule has 1 atom stereocenters. The number of methoxy groups -OCH3 is 1. The van der Waals surface area contributed by atoms with Crippen molar-refractivity contribution in [3.05, 3.63) is 40.0 Å². The zero-order valence-electron chi connectivity index (χ0n) is 21.2. The van der Waals surface area contributed by atoms with Crippen LogP contribution in [0.5, 0.6) is 11.5 Å². The first kappa shape index (κ1) is 30.2. The van der Waals surface area contributed by atoms with Crippen LogP contribution in [0.3, 0.4) is 0 Å². The van der Waals surface area contributed by atoms with Gasteiger partial charge in [0.15, 0.2) is 11.5 Å². The van der Waals surface area contributed by atoms with E-state index >= 15 is 0 Å². The van der Waals surface area contributed by atoms with Crippen molar-refractivity contribution in [3.8, 4) is 11.5 Å². The van der Waals surface area contributed by atoms with Gasteiger partial charge in [0.05, 0.1) is 20.3 Å². The number of esters is 2. The van der Waals surface area contributed by atoms with Gasteiger partial charge in [-0.3, -0.25) is 0 Å². The van der Waals surface area contributed by atoms with Crippen molar-refractivity contribution in [2.45, 2.75) is 65.0 Å². The SMILES string of the molecule is CCCC(NC(=O)OC(C)(C)C)C(=O)Oc1ccc(/C=C/C(=O)OCCCCO[N+](=O)[O-])cc1OC. The van der Waals surface area contributed by atoms with Crippen molar-refractivity contribution in [2.24, 2.45) is 0 Å². The van der Waals surface area contributed by atoms with Crippen LogP contribution in [0.15, 0.2) is 24.3 Å². The van der Waals surface area contributed by atoms with E-state index in [9.17, 15) is 24.5 Å². The van der Waals surface area contributed by atoms with Crippen LogP contribution in [-0.2, 0) is 23.9 Å². The average Bonchev–Trinajstić information content (AvgIpc) is 2.78. The molecule has 1 rings (SSSR count). The van der Waals surface area contributed by atoms with Gasteiger partial charge in [0.1, 0.15) is 11.6 Å². The van der Waals surface area contributed by atoms with Crippen LogP contribution in [0.1, 0.15) is 58.9 Å². The van der Waals surface area contributed by atoms with Gasteiger partial charge in [-0.05, 0) is 63.8 Å². The predicted molar refractivity (Wildman–Crippen MR) is 129 cm³/mol. The number of nitrogens with zero attached hydrogens (tertiary/aromatic N) is 1. The first-order valence-corrected chi connectivity index (χ1v) is 11.5. The lowest BCUT2D eigenvalue weighted by Crippen LogP contribution is -2.45. The second-order valence-electron chi connectivity index (χ2n) is 8.58. The van der Waals surface area contributed by atoms with Crippen molar-refractivity contribution in [1.29, 1.82) is 0 Å². The molecule has 0 spiro atoms. The van der Waals surface area contributed by atoms with Gasteiger partial charge in [0.2, 0.25) is 0 Å². The molecule has 0 aromatic heterocycles. The van der Waals surface area contributed by atoms with Gasteiger partial charge in [0, 0.05) is 6.08 Å². The third-order valence-corrected chi connectivity index (χ3v) is 4.34. The first-order valence-electron chi connectivity index (χ1n) is 11.5. The zero-order valence-corrected chi connectivity index (χ0v) is 21.2. The lowest BCUT2D eigenvalue weighted by Gasteiger charge is -2.23. The maximum absolute atomic E-state index is 12.7. The van der Waals surface area contributed by atoms with E-state index in [1.54, 1.807) is 32.9 Å². The van der Waals surface area contributed by atoms with Crippen LogP contribution in [0.25, 0.3) is 6.08 Å². The van der Waals surface area contributed by atoms with Gasteiger partial charge in [-0.2, -0.15) is 0 Å². The number of rotatable bonds is 14. The molecule has 200 valence electrons. The molecule has 1 aromatic carbocycles. The normalized spacial score (nSPS) is 11.9. The Hall–Kier alpha value is -3.83. The Bertz CT molecular complexity index is 924. The predicted octanol–water partition coefficient (Wildman–Crippen LogP) is 3.84. The highest BCUT2D eigenvalue weighted by Gasteiger charge is 2.26. The second-order valence-corrected chi connectivity index (χ2v) is 8.58. The molecule has 0 heterocycles. The first-order chi connectivity index (χ1) is 16.9. The number of ether oxygens (including phenoxy) is 4. The molecular formula is C24H34N2O10. The monoisotopic (exact) mass is 510 g/mol. The summed E-state index contributed by atoms with van der Waals surface area (Å²) in [6.45, 7) is 7.06. The van der Waals surface area contributed by atoms with Crippen molar-refractivity contribution >= 4 is 24.1 Å². The Kier molecular flexibility index (Phi) is 12.8. The molecular weight excluding hydrogens is 476 g/mol. The minimum Gasteiger partial charge on any atom is -0.493 e. The van der Waals surface area contributed by atoms with Gasteiger partial charge in [-0.25, -0.2) is 14.4 Å². The lowest BCUT2D eigenvalue weighted by molar-refractivity contribution is -0.757. The van der Waals surface area contributed by atoms with Gasteiger partial charge in [0.25, 0.3) is 5.09 Å². The number of nitrogens with one attached hydrogen (secondary N) is 1. The van der Waals surface area contributed by atoms with Gasteiger partial charge >= 0.3 is 18.0 Å². The van der Waals surface area contributed by atoms with E-state index in [1.165, 1.54) is 25.3 Å². The highest BCUT2D eigenvalue weighted by atomic mass is 16.9. The van der Waals surface area contributed by atoms with Crippen molar-refractivity contribution in [3.63, 3.8) is 0 Å². The molecule has 0 aliphatic heterocycles. The molecule has 0 saturated carbocycles. The third kappa shape index (κ3) is 12.6. The second kappa shape index (κ2) is 15.2. The number of unbranched alkanes of at least 4 members (excludes halogenated alkanes) is 1. The Morgan fingerprint density at radius 2 is 1.83 bits per heavy atom. The molecule has 0 fully saturated rings. The van der Waals surface area contributed by atoms with Gasteiger partial charge < -0.3 is 29.1 Å². The largest absolute Gasteiger partial charge is 0.493 e. The summed E-state index contributed by atoms with van der Waals surface area (Å²) >= 11 is 0. The topological polar surface area (TPSA) is 153 Å². The molecule has 0 radical (unpaired) electrons. The molecule has 1 amide bonds. The zero-order chi connectivity index (χ0) is 27.1. The quantitative estimate of drug-likeness (QED) is 0.0975. The summed E-state index contributed by atoms with van der Waals surface area (Å²) in [4.78, 5) is 50.9. The van der Waals surface area contributed by atoms with E-state index in [2.05, 4.69) is 10.2 Å². The van der Waals surface area contributed by atoms with Crippen LogP contribution >= 0.6 is 0 Å². The lowest BCUT2D eigenvalue weighted by atomic mass is 10.1. The molecule has 36 heavy (non-hydrogen) atoms. The summed E-state index contributed by atoms with van der Waals surface area (Å²) in [6.07, 6.45) is 3.77. The molecule has 0 saturated heterocycles. The average molecular weight is 511 g/mol. The summed E-state index contributed by atoms with van der Waals surface area (Å²) < 4.78 is 21.0. The Morgan fingerprint density at radius 3 is 2.44 bits per heavy atom. The van der Waals surface area contributed by atoms with Crippen LogP contribution in [-0.4, -0.2) is 55.1 Å². The summed E-state index contributed by atoms with van der Waals surface area (Å²) in [7, 11) is 1.40. The van der Waals surface area contributed by atoms with Crippen LogP contribution in [0.4, 0.5) is 4.79 Å². The summed E-state index contributed by atoms with van der Waals surface area (Å²) in [5.41, 5.74) is -0.127. The molecule has 1 aromatic rings. The Morgan fingerprint density at radius 1 is 1.14 bits per heavy atom. The number of amides is 1. The molecule has 12 nitrogen and oxygen atoms in total. The number of benzene rings is 1. The molecule has 1 N–H and O–H groups in total. The van der Waals surface area contributed by atoms with Crippen LogP contribution in [0.2, 0.25) is 0 Å². The molecule has 1 unspecified atom stereocenters. The maximum atomic E-state index is 12.7. The van der Waals surface area contributed by atoms with E-state index in [4.69, 9.17) is 18.9 Å². The standard InChI is InChI=1S/C24H34N2O10/c1-6-9-18(25-23(29)36-24(2,3)4)22(28)35-19-12-10-17(16-20(19)32-5)11-13-21(27)33-14-7-8-15-34-26(30)31/h10-13,16,18H,6-9,14-15H2,1-5H3,(H,25,29)/b13-11+. The molecule has 0 bridgehead atoms. The fourth-order valence-corrected chi connectivity index (χ4v) is 2.77.